The normalized spacial score (nSPS) is 17.6. The van der Waals surface area contributed by atoms with E-state index >= 15 is 0 Å². The zero-order chi connectivity index (χ0) is 32.6. The maximum Gasteiger partial charge on any atom is 0.130 e. The number of methoxy groups -OCH3 is 4. The first kappa shape index (κ1) is 35.8. The summed E-state index contributed by atoms with van der Waals surface area (Å²) in [6, 6.07) is 30.6. The van der Waals surface area contributed by atoms with Crippen molar-refractivity contribution in [2.45, 2.75) is 56.4 Å². The van der Waals surface area contributed by atoms with Gasteiger partial charge in [0, 0.05) is 12.1 Å². The number of aliphatic hydroxyl groups is 2. The molecular formula is C39H50N2O6. The Hall–Kier alpha value is -4.08. The third-order valence-electron chi connectivity index (χ3n) is 9.25. The molecule has 4 aromatic carbocycles. The molecule has 2 fully saturated rings. The van der Waals surface area contributed by atoms with Gasteiger partial charge in [0.1, 0.15) is 34.2 Å². The monoisotopic (exact) mass is 642 g/mol. The molecule has 0 radical (unpaired) electrons. The summed E-state index contributed by atoms with van der Waals surface area (Å²) in [5, 5.41) is 30.2. The van der Waals surface area contributed by atoms with Crippen LogP contribution in [0.5, 0.6) is 23.0 Å². The Labute approximate surface area is 279 Å². The molecule has 0 aromatic heterocycles. The van der Waals surface area contributed by atoms with Crippen LogP contribution < -0.4 is 29.6 Å². The van der Waals surface area contributed by atoms with Gasteiger partial charge in [0.15, 0.2) is 0 Å². The van der Waals surface area contributed by atoms with E-state index in [1.165, 1.54) is 0 Å². The molecule has 2 heterocycles. The van der Waals surface area contributed by atoms with Gasteiger partial charge >= 0.3 is 0 Å². The standard InChI is InChI=1S/2C19H23NO3.CH4/c2*1-22-16-9-5-14(6-10-16)19(21,18-4-3-13-20-18)15-7-11-17(23-2)12-8-15;/h2*5-12,18,20-21H,3-4,13H2,1-2H3;1H4/t2*18-;/m10./s1. The van der Waals surface area contributed by atoms with Crippen molar-refractivity contribution in [2.24, 2.45) is 0 Å². The highest BCUT2D eigenvalue weighted by atomic mass is 16.5. The first-order valence-corrected chi connectivity index (χ1v) is 15.9. The minimum atomic E-state index is -1.07. The van der Waals surface area contributed by atoms with E-state index in [1.807, 2.05) is 97.1 Å². The Kier molecular flexibility index (Phi) is 12.3. The van der Waals surface area contributed by atoms with Gasteiger partial charge in [0.25, 0.3) is 0 Å². The zero-order valence-corrected chi connectivity index (χ0v) is 27.2. The summed E-state index contributed by atoms with van der Waals surface area (Å²) < 4.78 is 20.9. The van der Waals surface area contributed by atoms with E-state index in [4.69, 9.17) is 18.9 Å². The van der Waals surface area contributed by atoms with Crippen LogP contribution >= 0.6 is 0 Å². The predicted octanol–water partition coefficient (Wildman–Crippen LogP) is 6.02. The minimum Gasteiger partial charge on any atom is -0.497 e. The topological polar surface area (TPSA) is 101 Å². The van der Waals surface area contributed by atoms with Crippen LogP contribution in [0.25, 0.3) is 0 Å². The van der Waals surface area contributed by atoms with Crippen molar-refractivity contribution in [1.82, 2.24) is 10.6 Å². The molecule has 8 heteroatoms. The minimum absolute atomic E-state index is 0. The van der Waals surface area contributed by atoms with E-state index in [0.717, 1.165) is 84.0 Å². The predicted molar refractivity (Wildman–Crippen MR) is 187 cm³/mol. The van der Waals surface area contributed by atoms with Crippen LogP contribution in [0.2, 0.25) is 0 Å². The van der Waals surface area contributed by atoms with E-state index in [-0.39, 0.29) is 19.5 Å². The molecule has 0 unspecified atom stereocenters. The molecule has 0 saturated carbocycles. The largest absolute Gasteiger partial charge is 0.497 e. The zero-order valence-electron chi connectivity index (χ0n) is 27.2. The van der Waals surface area contributed by atoms with Crippen molar-refractivity contribution in [1.29, 1.82) is 0 Å². The van der Waals surface area contributed by atoms with Crippen LogP contribution in [0.4, 0.5) is 0 Å². The van der Waals surface area contributed by atoms with Crippen LogP contribution in [-0.2, 0) is 11.2 Å². The second kappa shape index (κ2) is 16.2. The molecule has 252 valence electrons. The van der Waals surface area contributed by atoms with Crippen molar-refractivity contribution in [3.05, 3.63) is 119 Å². The van der Waals surface area contributed by atoms with Crippen molar-refractivity contribution in [3.63, 3.8) is 0 Å². The average molecular weight is 643 g/mol. The van der Waals surface area contributed by atoms with E-state index in [2.05, 4.69) is 10.6 Å². The lowest BCUT2D eigenvalue weighted by molar-refractivity contribution is 0.0439. The van der Waals surface area contributed by atoms with E-state index in [0.29, 0.717) is 0 Å². The Morgan fingerprint density at radius 1 is 0.468 bits per heavy atom. The molecule has 47 heavy (non-hydrogen) atoms. The van der Waals surface area contributed by atoms with Gasteiger partial charge in [-0.25, -0.2) is 0 Å². The average Bonchev–Trinajstić information content (AvgIpc) is 3.88. The highest BCUT2D eigenvalue weighted by Gasteiger charge is 2.42. The van der Waals surface area contributed by atoms with Gasteiger partial charge in [0.2, 0.25) is 0 Å². The van der Waals surface area contributed by atoms with Crippen molar-refractivity contribution in [3.8, 4) is 23.0 Å². The van der Waals surface area contributed by atoms with Crippen LogP contribution in [0.1, 0.15) is 55.4 Å². The summed E-state index contributed by atoms with van der Waals surface area (Å²) in [5.74, 6) is 3.13. The molecule has 0 spiro atoms. The molecule has 2 aliphatic rings. The van der Waals surface area contributed by atoms with Gasteiger partial charge < -0.3 is 39.8 Å². The van der Waals surface area contributed by atoms with Gasteiger partial charge in [-0.15, -0.1) is 0 Å². The first-order chi connectivity index (χ1) is 22.4. The lowest BCUT2D eigenvalue weighted by atomic mass is 9.79. The highest BCUT2D eigenvalue weighted by Crippen LogP contribution is 2.39. The second-order valence-electron chi connectivity index (χ2n) is 11.7. The summed E-state index contributed by atoms with van der Waals surface area (Å²) in [6.45, 7) is 1.86. The molecular weight excluding hydrogens is 592 g/mol. The van der Waals surface area contributed by atoms with E-state index in [1.54, 1.807) is 28.4 Å². The Bertz CT molecular complexity index is 1280. The number of rotatable bonds is 10. The summed E-state index contributed by atoms with van der Waals surface area (Å²) in [5.41, 5.74) is 1.31. The SMILES string of the molecule is C.COc1ccc(C(O)(c2ccc(OC)cc2)[C@@H]2CCCN2)cc1.COc1ccc(C(O)(c2ccc(OC)cc2)[C@H]2CCCN2)cc1. The maximum absolute atomic E-state index is 11.6. The maximum atomic E-state index is 11.6. The van der Waals surface area contributed by atoms with E-state index < -0.39 is 11.2 Å². The first-order valence-electron chi connectivity index (χ1n) is 15.9. The number of ether oxygens (including phenoxy) is 4. The molecule has 2 atom stereocenters. The fourth-order valence-electron chi connectivity index (χ4n) is 6.60. The molecule has 0 aliphatic carbocycles. The quantitative estimate of drug-likeness (QED) is 0.167. The van der Waals surface area contributed by atoms with Crippen molar-refractivity contribution >= 4 is 0 Å². The van der Waals surface area contributed by atoms with Gasteiger partial charge in [-0.2, -0.15) is 0 Å². The summed E-state index contributed by atoms with van der Waals surface area (Å²) >= 11 is 0. The van der Waals surface area contributed by atoms with Crippen LogP contribution in [0.3, 0.4) is 0 Å². The summed E-state index contributed by atoms with van der Waals surface area (Å²) in [4.78, 5) is 0. The third-order valence-corrected chi connectivity index (χ3v) is 9.25. The fraction of sp³-hybridized carbons (Fsp3) is 0.385. The fourth-order valence-corrected chi connectivity index (χ4v) is 6.60. The van der Waals surface area contributed by atoms with Gasteiger partial charge in [-0.1, -0.05) is 56.0 Å². The van der Waals surface area contributed by atoms with Crippen molar-refractivity contribution < 1.29 is 29.2 Å². The second-order valence-corrected chi connectivity index (χ2v) is 11.7. The number of nitrogens with one attached hydrogen (secondary N) is 2. The summed E-state index contributed by atoms with van der Waals surface area (Å²) in [7, 11) is 6.57. The smallest absolute Gasteiger partial charge is 0.130 e. The van der Waals surface area contributed by atoms with Gasteiger partial charge in [-0.3, -0.25) is 0 Å². The van der Waals surface area contributed by atoms with Crippen LogP contribution in [-0.4, -0.2) is 63.8 Å². The molecule has 4 N–H and O–H groups in total. The van der Waals surface area contributed by atoms with Crippen LogP contribution in [0.15, 0.2) is 97.1 Å². The third kappa shape index (κ3) is 7.57. The highest BCUT2D eigenvalue weighted by molar-refractivity contribution is 5.44. The van der Waals surface area contributed by atoms with Crippen molar-refractivity contribution in [2.75, 3.05) is 41.5 Å². The molecule has 8 nitrogen and oxygen atoms in total. The Morgan fingerprint density at radius 2 is 0.702 bits per heavy atom. The Balaban J connectivity index is 0.000000208. The molecule has 2 saturated heterocycles. The number of benzene rings is 4. The lowest BCUT2D eigenvalue weighted by Crippen LogP contribution is -2.46. The van der Waals surface area contributed by atoms with Gasteiger partial charge in [0.05, 0.1) is 28.4 Å². The molecule has 2 aliphatic heterocycles. The summed E-state index contributed by atoms with van der Waals surface area (Å²) in [6.07, 6.45) is 4.02. The number of hydrogen-bond donors (Lipinski definition) is 4. The van der Waals surface area contributed by atoms with E-state index in [9.17, 15) is 10.2 Å². The Morgan fingerprint density at radius 3 is 0.872 bits per heavy atom. The molecule has 6 rings (SSSR count). The number of hydrogen-bond acceptors (Lipinski definition) is 8. The molecule has 0 amide bonds. The molecule has 4 aromatic rings. The lowest BCUT2D eigenvalue weighted by Gasteiger charge is -2.35. The van der Waals surface area contributed by atoms with Gasteiger partial charge in [-0.05, 0) is 110 Å². The molecule has 0 bridgehead atoms. The van der Waals surface area contributed by atoms with Crippen LogP contribution in [0, 0.1) is 0 Å².